The Kier molecular flexibility index (Phi) is 16.1. The number of para-hydroxylation sites is 2. The molecule has 4 aromatic rings. The lowest BCUT2D eigenvalue weighted by molar-refractivity contribution is -0.152. The second-order valence-corrected chi connectivity index (χ2v) is 14.7. The number of ether oxygens (including phenoxy) is 2. The van der Waals surface area contributed by atoms with Gasteiger partial charge in [-0.2, -0.15) is 0 Å². The highest BCUT2D eigenvalue weighted by Gasteiger charge is 2.20. The van der Waals surface area contributed by atoms with Gasteiger partial charge >= 0.3 is 5.97 Å². The fourth-order valence-electron chi connectivity index (χ4n) is 4.47. The van der Waals surface area contributed by atoms with Crippen LogP contribution in [-0.4, -0.2) is 48.5 Å². The number of benzene rings is 2. The van der Waals surface area contributed by atoms with Crippen molar-refractivity contribution in [1.29, 1.82) is 0 Å². The van der Waals surface area contributed by atoms with Gasteiger partial charge in [-0.3, -0.25) is 9.59 Å². The fourth-order valence-corrected chi connectivity index (χ4v) is 6.43. The minimum Gasteiger partial charge on any atom is -0.473 e. The lowest BCUT2D eigenvalue weighted by Crippen LogP contribution is -2.30. The Hall–Kier alpha value is -3.87. The zero-order valence-electron chi connectivity index (χ0n) is 28.1. The summed E-state index contributed by atoms with van der Waals surface area (Å²) in [6.45, 7) is 12.6. The van der Waals surface area contributed by atoms with E-state index < -0.39 is 10.0 Å². The van der Waals surface area contributed by atoms with Crippen LogP contribution < -0.4 is 14.8 Å². The van der Waals surface area contributed by atoms with Crippen LogP contribution in [0.4, 0.5) is 5.69 Å². The molecule has 1 fully saturated rings. The molecule has 2 aromatic heterocycles. The molecule has 0 radical (unpaired) electrons. The van der Waals surface area contributed by atoms with E-state index in [9.17, 15) is 18.0 Å². The molecular formula is C36H50N4O6S2. The second kappa shape index (κ2) is 19.2. The number of thiophene rings is 1. The largest absolute Gasteiger partial charge is 0.473 e. The van der Waals surface area contributed by atoms with Gasteiger partial charge in [0.25, 0.3) is 0 Å². The van der Waals surface area contributed by atoms with Gasteiger partial charge in [0, 0.05) is 18.7 Å². The molecule has 0 unspecified atom stereocenters. The Bertz CT molecular complexity index is 1680. The number of anilines is 1. The SMILES string of the molecule is C.CC(=O)Nc1ccc(S(=O)(=O)NC(C)C)cc1.CC(C)C(=O)OC1CCCC1.CC(C)Oc1nc2ccccc2nc1-c1cccs1. The number of nitrogens with zero attached hydrogens (tertiary/aromatic N) is 2. The summed E-state index contributed by atoms with van der Waals surface area (Å²) in [6, 6.07) is 17.8. The molecule has 2 heterocycles. The van der Waals surface area contributed by atoms with E-state index in [-0.39, 0.29) is 48.4 Å². The molecule has 48 heavy (non-hydrogen) atoms. The molecule has 0 saturated heterocycles. The Morgan fingerprint density at radius 2 is 1.48 bits per heavy atom. The highest BCUT2D eigenvalue weighted by Crippen LogP contribution is 2.32. The van der Waals surface area contributed by atoms with Crippen LogP contribution in [0.3, 0.4) is 0 Å². The van der Waals surface area contributed by atoms with Crippen molar-refractivity contribution in [3.05, 3.63) is 66.0 Å². The van der Waals surface area contributed by atoms with Crippen molar-refractivity contribution in [2.75, 3.05) is 5.32 Å². The molecular weight excluding hydrogens is 649 g/mol. The minimum atomic E-state index is -3.47. The van der Waals surface area contributed by atoms with Crippen molar-refractivity contribution in [2.45, 2.75) is 105 Å². The van der Waals surface area contributed by atoms with Gasteiger partial charge in [-0.25, -0.2) is 23.1 Å². The highest BCUT2D eigenvalue weighted by molar-refractivity contribution is 7.89. The smallest absolute Gasteiger partial charge is 0.308 e. The fraction of sp³-hybridized carbons (Fsp3) is 0.444. The number of rotatable bonds is 9. The van der Waals surface area contributed by atoms with E-state index in [1.54, 1.807) is 37.3 Å². The maximum Gasteiger partial charge on any atom is 0.308 e. The summed E-state index contributed by atoms with van der Waals surface area (Å²) in [5.74, 6) is 0.393. The number of esters is 1. The molecule has 0 bridgehead atoms. The summed E-state index contributed by atoms with van der Waals surface area (Å²) >= 11 is 1.64. The summed E-state index contributed by atoms with van der Waals surface area (Å²) in [5.41, 5.74) is 3.14. The molecule has 0 aliphatic heterocycles. The molecule has 1 aliphatic carbocycles. The highest BCUT2D eigenvalue weighted by atomic mass is 32.2. The first-order chi connectivity index (χ1) is 22.2. The van der Waals surface area contributed by atoms with E-state index in [0.717, 1.165) is 34.4 Å². The average molecular weight is 699 g/mol. The molecule has 1 saturated carbocycles. The van der Waals surface area contributed by atoms with Crippen molar-refractivity contribution in [2.24, 2.45) is 5.92 Å². The Labute approximate surface area is 289 Å². The molecule has 0 spiro atoms. The molecule has 0 atom stereocenters. The van der Waals surface area contributed by atoms with Crippen LogP contribution in [0.1, 0.15) is 81.6 Å². The molecule has 10 nitrogen and oxygen atoms in total. The summed E-state index contributed by atoms with van der Waals surface area (Å²) in [4.78, 5) is 32.4. The number of carbonyl (C=O) groups is 2. The number of nitrogens with one attached hydrogen (secondary N) is 2. The first-order valence-corrected chi connectivity index (χ1v) is 18.2. The van der Waals surface area contributed by atoms with Crippen LogP contribution in [-0.2, 0) is 24.3 Å². The maximum atomic E-state index is 11.8. The third kappa shape index (κ3) is 13.0. The summed E-state index contributed by atoms with van der Waals surface area (Å²) in [5, 5.41) is 4.60. The standard InChI is InChI=1S/C15H14N2OS.C11H16N2O3S.C9H16O2.CH4/c1-10(2)18-15-14(13-8-5-9-19-13)16-11-6-3-4-7-12(11)17-15;1-8(2)13-17(15,16)11-6-4-10(5-7-11)12-9(3)14;1-7(2)9(10)11-8-5-3-4-6-8;/h3-10H,1-2H3;4-8,13H,1-3H3,(H,12,14);7-8H,3-6H2,1-2H3;1H4. The third-order valence-electron chi connectivity index (χ3n) is 6.57. The zero-order chi connectivity index (χ0) is 34.6. The Balaban J connectivity index is 0.000000256. The molecule has 262 valence electrons. The van der Waals surface area contributed by atoms with Crippen LogP contribution in [0, 0.1) is 5.92 Å². The van der Waals surface area contributed by atoms with Crippen LogP contribution >= 0.6 is 11.3 Å². The van der Waals surface area contributed by atoms with Gasteiger partial charge in [0.1, 0.15) is 11.8 Å². The predicted octanol–water partition coefficient (Wildman–Crippen LogP) is 8.24. The predicted molar refractivity (Wildman–Crippen MR) is 195 cm³/mol. The van der Waals surface area contributed by atoms with Crippen LogP contribution in [0.2, 0.25) is 0 Å². The van der Waals surface area contributed by atoms with Crippen LogP contribution in [0.25, 0.3) is 21.6 Å². The molecule has 2 aromatic carbocycles. The lowest BCUT2D eigenvalue weighted by atomic mass is 10.2. The van der Waals surface area contributed by atoms with Gasteiger partial charge in [-0.1, -0.05) is 39.5 Å². The average Bonchev–Trinajstić information content (AvgIpc) is 3.72. The number of carbonyl (C=O) groups excluding carboxylic acids is 2. The van der Waals surface area contributed by atoms with Crippen molar-refractivity contribution >= 4 is 50.0 Å². The van der Waals surface area contributed by atoms with Gasteiger partial charge in [-0.15, -0.1) is 11.3 Å². The van der Waals surface area contributed by atoms with Crippen molar-refractivity contribution in [3.63, 3.8) is 0 Å². The maximum absolute atomic E-state index is 11.8. The van der Waals surface area contributed by atoms with Gasteiger partial charge < -0.3 is 14.8 Å². The Morgan fingerprint density at radius 1 is 0.875 bits per heavy atom. The Morgan fingerprint density at radius 3 is 1.98 bits per heavy atom. The quantitative estimate of drug-likeness (QED) is 0.167. The van der Waals surface area contributed by atoms with Crippen molar-refractivity contribution < 1.29 is 27.5 Å². The number of aromatic nitrogens is 2. The summed E-state index contributed by atoms with van der Waals surface area (Å²) in [7, 11) is -3.47. The topological polar surface area (TPSA) is 137 Å². The van der Waals surface area contributed by atoms with Gasteiger partial charge in [0.05, 0.1) is 32.8 Å². The zero-order valence-corrected chi connectivity index (χ0v) is 29.8. The van der Waals surface area contributed by atoms with Crippen molar-refractivity contribution in [1.82, 2.24) is 14.7 Å². The molecule has 5 rings (SSSR count). The number of hydrogen-bond acceptors (Lipinski definition) is 9. The van der Waals surface area contributed by atoms with E-state index in [1.165, 1.54) is 31.9 Å². The van der Waals surface area contributed by atoms with E-state index >= 15 is 0 Å². The second-order valence-electron chi connectivity index (χ2n) is 12.0. The summed E-state index contributed by atoms with van der Waals surface area (Å²) in [6.07, 6.45) is 4.88. The first kappa shape index (κ1) is 40.3. The lowest BCUT2D eigenvalue weighted by Gasteiger charge is -2.12. The minimum absolute atomic E-state index is 0. The van der Waals surface area contributed by atoms with E-state index in [0.29, 0.717) is 11.6 Å². The molecule has 1 amide bonds. The normalized spacial score (nSPS) is 12.9. The van der Waals surface area contributed by atoms with E-state index in [2.05, 4.69) is 15.0 Å². The van der Waals surface area contributed by atoms with Gasteiger partial charge in [0.15, 0.2) is 0 Å². The monoisotopic (exact) mass is 698 g/mol. The van der Waals surface area contributed by atoms with Gasteiger partial charge in [-0.05, 0) is 101 Å². The molecule has 12 heteroatoms. The van der Waals surface area contributed by atoms with Gasteiger partial charge in [0.2, 0.25) is 21.8 Å². The van der Waals surface area contributed by atoms with E-state index in [1.807, 2.05) is 69.5 Å². The third-order valence-corrected chi connectivity index (χ3v) is 9.12. The number of hydrogen-bond donors (Lipinski definition) is 2. The first-order valence-electron chi connectivity index (χ1n) is 15.8. The van der Waals surface area contributed by atoms with E-state index in [4.69, 9.17) is 14.5 Å². The van der Waals surface area contributed by atoms with Crippen LogP contribution in [0.5, 0.6) is 5.88 Å². The van der Waals surface area contributed by atoms with Crippen molar-refractivity contribution in [3.8, 4) is 16.5 Å². The molecule has 1 aliphatic rings. The molecule has 2 N–H and O–H groups in total. The number of fused-ring (bicyclic) bond motifs is 1. The number of sulfonamides is 1. The van der Waals surface area contributed by atoms with Crippen LogP contribution in [0.15, 0.2) is 70.9 Å². The number of amides is 1. The summed E-state index contributed by atoms with van der Waals surface area (Å²) < 4.78 is 37.1.